The highest BCUT2D eigenvalue weighted by Gasteiger charge is 2.13. The standard InChI is InChI=1S/C9H16N4O/c1-9(2,10)6-11-8(14)7-4-12-13(3)5-7/h4-5H,6,10H2,1-3H3,(H,11,14). The van der Waals surface area contributed by atoms with Crippen LogP contribution in [0.4, 0.5) is 0 Å². The summed E-state index contributed by atoms with van der Waals surface area (Å²) in [7, 11) is 1.77. The van der Waals surface area contributed by atoms with Crippen LogP contribution >= 0.6 is 0 Å². The third-order valence-electron chi connectivity index (χ3n) is 1.67. The molecule has 0 saturated heterocycles. The van der Waals surface area contributed by atoms with Gasteiger partial charge in [0.1, 0.15) is 0 Å². The minimum Gasteiger partial charge on any atom is -0.350 e. The van der Waals surface area contributed by atoms with Crippen molar-refractivity contribution < 1.29 is 4.79 Å². The molecule has 0 aliphatic rings. The minimum absolute atomic E-state index is 0.142. The number of aromatic nitrogens is 2. The summed E-state index contributed by atoms with van der Waals surface area (Å²) in [6.07, 6.45) is 3.19. The van der Waals surface area contributed by atoms with Crippen molar-refractivity contribution in [1.82, 2.24) is 15.1 Å². The Morgan fingerprint density at radius 1 is 1.71 bits per heavy atom. The molecule has 0 unspecified atom stereocenters. The van der Waals surface area contributed by atoms with Crippen molar-refractivity contribution in [2.24, 2.45) is 12.8 Å². The van der Waals surface area contributed by atoms with E-state index in [4.69, 9.17) is 5.73 Å². The van der Waals surface area contributed by atoms with Gasteiger partial charge in [-0.2, -0.15) is 5.10 Å². The molecule has 0 aliphatic heterocycles. The molecule has 0 atom stereocenters. The average molecular weight is 196 g/mol. The van der Waals surface area contributed by atoms with Gasteiger partial charge in [0.25, 0.3) is 5.91 Å². The van der Waals surface area contributed by atoms with Crippen molar-refractivity contribution in [2.75, 3.05) is 6.54 Å². The summed E-state index contributed by atoms with van der Waals surface area (Å²) in [5.41, 5.74) is 5.89. The summed E-state index contributed by atoms with van der Waals surface area (Å²) in [5.74, 6) is -0.142. The third-order valence-corrected chi connectivity index (χ3v) is 1.67. The lowest BCUT2D eigenvalue weighted by molar-refractivity contribution is 0.0946. The van der Waals surface area contributed by atoms with Crippen molar-refractivity contribution in [2.45, 2.75) is 19.4 Å². The zero-order chi connectivity index (χ0) is 10.8. The Labute approximate surface area is 83.3 Å². The first-order valence-corrected chi connectivity index (χ1v) is 4.44. The molecule has 0 fully saturated rings. The molecule has 14 heavy (non-hydrogen) atoms. The predicted octanol–water partition coefficient (Wildman–Crippen LogP) is -0.113. The summed E-state index contributed by atoms with van der Waals surface area (Å²) < 4.78 is 1.59. The molecule has 0 spiro atoms. The van der Waals surface area contributed by atoms with E-state index < -0.39 is 5.54 Å². The summed E-state index contributed by atoms with van der Waals surface area (Å²) in [5, 5.41) is 6.64. The zero-order valence-electron chi connectivity index (χ0n) is 8.74. The Balaban J connectivity index is 2.52. The number of hydrogen-bond donors (Lipinski definition) is 2. The fraction of sp³-hybridized carbons (Fsp3) is 0.556. The van der Waals surface area contributed by atoms with E-state index in [9.17, 15) is 4.79 Å². The quantitative estimate of drug-likeness (QED) is 0.708. The molecule has 1 aromatic rings. The van der Waals surface area contributed by atoms with E-state index in [0.717, 1.165) is 0 Å². The fourth-order valence-electron chi connectivity index (χ4n) is 0.949. The van der Waals surface area contributed by atoms with Crippen molar-refractivity contribution in [1.29, 1.82) is 0 Å². The van der Waals surface area contributed by atoms with Gasteiger partial charge in [0, 0.05) is 25.3 Å². The van der Waals surface area contributed by atoms with E-state index in [1.807, 2.05) is 13.8 Å². The number of carbonyl (C=O) groups excluding carboxylic acids is 1. The summed E-state index contributed by atoms with van der Waals surface area (Å²) in [4.78, 5) is 11.5. The summed E-state index contributed by atoms with van der Waals surface area (Å²) >= 11 is 0. The number of hydrogen-bond acceptors (Lipinski definition) is 3. The van der Waals surface area contributed by atoms with E-state index in [2.05, 4.69) is 10.4 Å². The largest absolute Gasteiger partial charge is 0.350 e. The van der Waals surface area contributed by atoms with E-state index >= 15 is 0 Å². The number of aryl methyl sites for hydroxylation is 1. The highest BCUT2D eigenvalue weighted by molar-refractivity contribution is 5.93. The fourth-order valence-corrected chi connectivity index (χ4v) is 0.949. The molecular weight excluding hydrogens is 180 g/mol. The molecule has 1 rings (SSSR count). The minimum atomic E-state index is -0.391. The van der Waals surface area contributed by atoms with Gasteiger partial charge in [-0.1, -0.05) is 0 Å². The van der Waals surface area contributed by atoms with Gasteiger partial charge in [0.2, 0.25) is 0 Å². The number of amides is 1. The molecule has 5 heteroatoms. The number of nitrogens with two attached hydrogens (primary N) is 1. The molecule has 0 aliphatic carbocycles. The van der Waals surface area contributed by atoms with Gasteiger partial charge < -0.3 is 11.1 Å². The van der Waals surface area contributed by atoms with Gasteiger partial charge >= 0.3 is 0 Å². The lowest BCUT2D eigenvalue weighted by atomic mass is 10.1. The second-order valence-corrected chi connectivity index (χ2v) is 4.07. The van der Waals surface area contributed by atoms with Gasteiger partial charge in [0.15, 0.2) is 0 Å². The average Bonchev–Trinajstić information content (AvgIpc) is 2.46. The number of nitrogens with one attached hydrogen (secondary N) is 1. The Hall–Kier alpha value is -1.36. The SMILES string of the molecule is Cn1cc(C(=O)NCC(C)(C)N)cn1. The highest BCUT2D eigenvalue weighted by Crippen LogP contribution is 1.98. The first-order valence-electron chi connectivity index (χ1n) is 4.44. The summed E-state index contributed by atoms with van der Waals surface area (Å²) in [6.45, 7) is 4.16. The van der Waals surface area contributed by atoms with Crippen LogP contribution < -0.4 is 11.1 Å². The van der Waals surface area contributed by atoms with E-state index in [1.54, 1.807) is 17.9 Å². The Kier molecular flexibility index (Phi) is 2.90. The van der Waals surface area contributed by atoms with Crippen LogP contribution in [-0.2, 0) is 7.05 Å². The first kappa shape index (κ1) is 10.7. The van der Waals surface area contributed by atoms with Crippen LogP contribution in [0.3, 0.4) is 0 Å². The summed E-state index contributed by atoms with van der Waals surface area (Å²) in [6, 6.07) is 0. The van der Waals surface area contributed by atoms with Crippen LogP contribution in [-0.4, -0.2) is 27.8 Å². The maximum atomic E-state index is 11.5. The smallest absolute Gasteiger partial charge is 0.254 e. The second-order valence-electron chi connectivity index (χ2n) is 4.07. The Bertz CT molecular complexity index is 324. The van der Waals surface area contributed by atoms with Crippen LogP contribution in [0.15, 0.2) is 12.4 Å². The lowest BCUT2D eigenvalue weighted by Crippen LogP contribution is -2.45. The topological polar surface area (TPSA) is 72.9 Å². The molecule has 1 aromatic heterocycles. The number of rotatable bonds is 3. The van der Waals surface area contributed by atoms with E-state index in [-0.39, 0.29) is 5.91 Å². The third kappa shape index (κ3) is 3.18. The highest BCUT2D eigenvalue weighted by atomic mass is 16.1. The molecule has 1 amide bonds. The van der Waals surface area contributed by atoms with Crippen molar-refractivity contribution in [3.63, 3.8) is 0 Å². The zero-order valence-corrected chi connectivity index (χ0v) is 8.74. The lowest BCUT2D eigenvalue weighted by Gasteiger charge is -2.18. The molecule has 0 radical (unpaired) electrons. The van der Waals surface area contributed by atoms with Crippen LogP contribution in [0, 0.1) is 0 Å². The van der Waals surface area contributed by atoms with Gasteiger partial charge in [-0.3, -0.25) is 9.48 Å². The Morgan fingerprint density at radius 2 is 2.36 bits per heavy atom. The monoisotopic (exact) mass is 196 g/mol. The molecule has 5 nitrogen and oxygen atoms in total. The van der Waals surface area contributed by atoms with Crippen molar-refractivity contribution in [3.05, 3.63) is 18.0 Å². The second kappa shape index (κ2) is 3.79. The maximum Gasteiger partial charge on any atom is 0.254 e. The molecule has 78 valence electrons. The molecule has 1 heterocycles. The molecular formula is C9H16N4O. The van der Waals surface area contributed by atoms with Gasteiger partial charge in [-0.05, 0) is 13.8 Å². The molecule has 3 N–H and O–H groups in total. The van der Waals surface area contributed by atoms with Crippen molar-refractivity contribution >= 4 is 5.91 Å². The van der Waals surface area contributed by atoms with Gasteiger partial charge in [-0.15, -0.1) is 0 Å². The Morgan fingerprint density at radius 3 is 2.79 bits per heavy atom. The van der Waals surface area contributed by atoms with Gasteiger partial charge in [0.05, 0.1) is 11.8 Å². The predicted molar refractivity (Wildman–Crippen MR) is 53.8 cm³/mol. The van der Waals surface area contributed by atoms with Crippen LogP contribution in [0.25, 0.3) is 0 Å². The molecule has 0 bridgehead atoms. The normalized spacial score (nSPS) is 11.4. The van der Waals surface area contributed by atoms with Crippen LogP contribution in [0.2, 0.25) is 0 Å². The first-order chi connectivity index (χ1) is 6.38. The van der Waals surface area contributed by atoms with E-state index in [0.29, 0.717) is 12.1 Å². The van der Waals surface area contributed by atoms with Gasteiger partial charge in [-0.25, -0.2) is 0 Å². The molecule has 0 aromatic carbocycles. The van der Waals surface area contributed by atoms with E-state index in [1.165, 1.54) is 6.20 Å². The van der Waals surface area contributed by atoms with Crippen LogP contribution in [0.1, 0.15) is 24.2 Å². The number of nitrogens with zero attached hydrogens (tertiary/aromatic N) is 2. The number of carbonyl (C=O) groups is 1. The maximum absolute atomic E-state index is 11.5. The van der Waals surface area contributed by atoms with Crippen molar-refractivity contribution in [3.8, 4) is 0 Å². The molecule has 0 saturated carbocycles. The van der Waals surface area contributed by atoms with Crippen LogP contribution in [0.5, 0.6) is 0 Å².